The first-order chi connectivity index (χ1) is 64.1. The molecule has 0 aliphatic carbocycles. The molecule has 0 bridgehead atoms. The van der Waals surface area contributed by atoms with Gasteiger partial charge in [0.05, 0.1) is 66.1 Å². The van der Waals surface area contributed by atoms with Gasteiger partial charge in [0.2, 0.25) is 17.7 Å². The van der Waals surface area contributed by atoms with Gasteiger partial charge in [0, 0.05) is 20.8 Å². The number of allylic oxidation sites excluding steroid dienone is 21. The van der Waals surface area contributed by atoms with Crippen LogP contribution < -0.4 is 16.0 Å². The van der Waals surface area contributed by atoms with Crippen LogP contribution in [0.15, 0.2) is 128 Å². The molecule has 3 fully saturated rings. The molecule has 0 aromatic rings. The van der Waals surface area contributed by atoms with Gasteiger partial charge in [-0.1, -0.05) is 128 Å². The first-order valence-electron chi connectivity index (χ1n) is 45.9. The molecule has 3 rings (SSSR count). The number of ether oxygens (including phenoxy) is 5. The fourth-order valence-electron chi connectivity index (χ4n) is 14.2. The van der Waals surface area contributed by atoms with Crippen LogP contribution in [0.4, 0.5) is 0 Å². The number of hydrogen-bond acceptors (Lipinski definition) is 34. The maximum Gasteiger partial charge on any atom is 0.483 e. The largest absolute Gasteiger partial charge is 0.483 e. The number of amides is 3. The molecule has 42 nitrogen and oxygen atoms in total. The van der Waals surface area contributed by atoms with Crippen molar-refractivity contribution in [3.05, 3.63) is 128 Å². The predicted molar refractivity (Wildman–Crippen MR) is 506 cm³/mol. The average molecular weight is 2060 g/mol. The van der Waals surface area contributed by atoms with E-state index in [1.54, 1.807) is 6.92 Å². The summed E-state index contributed by atoms with van der Waals surface area (Å²) in [5.74, 6) is -2.73. The lowest BCUT2D eigenvalue weighted by Crippen LogP contribution is -2.69. The third kappa shape index (κ3) is 52.7. The molecule has 0 aromatic heterocycles. The molecule has 137 heavy (non-hydrogen) atoms. The number of aliphatic hydroxyl groups is 12. The standard InChI is InChI=1S/C90H156N3O39P5/c1-57(2)26-16-27-58(3)28-17-29-59(4)30-18-31-60(5)32-19-33-61(6)34-20-35-62(7)36-21-37-63(8)38-22-39-64(9)40-23-41-65(10)42-24-43-66(11)44-25-45-67(12)46-47-119-136(115,116)132-137(117,118)131-90-80(93-70(15)100)84(107)86(75(50-96)127-90)129-89-79(92-69(14)99)85(108)87(76(51-97)126-89)130-135(113,114)123-55-72(102)54-121-133(109,110)120-52-71(101)53-122-134(111,112)124-56-77(81(104)73(103)48-94)128-88-78(91-68(13)98)83(106)82(105)74(49-95)125-88/h26,28,30,32,34,36,38,40,42,44,46,71-90,94-97,101-108H,16-25,27,29,31,33,35,37,39,41,43,45,47-56H2,1-15H3,(H,91,98)(H,92,99)(H,93,100)(H,109,110)(H,111,112)(H,113,114)(H,115,116)(H,117,118)/b58-28+,59-30+,60-32-,61-34-,62-36-,63-38-,64-40-,65-42-,66-44-,67-46-/t71-,72+,73+,74+,75+,76+,77-,78+,79+,80+,81+,82+,83+,84+,85+,86+,87+,88+,89-,90+/m0/s1. The molecule has 3 heterocycles. The molecule has 0 spiro atoms. The fourth-order valence-corrected chi connectivity index (χ4v) is 18.9. The number of phosphoric acid groups is 5. The minimum Gasteiger partial charge on any atom is -0.394 e. The third-order valence-electron chi connectivity index (χ3n) is 22.1. The van der Waals surface area contributed by atoms with Gasteiger partial charge in [0.1, 0.15) is 104 Å². The zero-order chi connectivity index (χ0) is 103. The van der Waals surface area contributed by atoms with E-state index in [-0.39, 0.29) is 0 Å². The Morgan fingerprint density at radius 2 is 0.635 bits per heavy atom. The predicted octanol–water partition coefficient (Wildman–Crippen LogP) is 9.55. The highest BCUT2D eigenvalue weighted by atomic mass is 31.3. The first-order valence-corrected chi connectivity index (χ1v) is 53.4. The number of phosphoric ester groups is 5. The Labute approximate surface area is 805 Å². The molecule has 3 saturated heterocycles. The highest BCUT2D eigenvalue weighted by molar-refractivity contribution is 7.61. The molecule has 47 heteroatoms. The third-order valence-corrected chi connectivity index (χ3v) is 27.6. The van der Waals surface area contributed by atoms with Crippen LogP contribution in [0.25, 0.3) is 0 Å². The summed E-state index contributed by atoms with van der Waals surface area (Å²) >= 11 is 0. The van der Waals surface area contributed by atoms with Gasteiger partial charge < -0.3 is 125 Å². The van der Waals surface area contributed by atoms with E-state index in [2.05, 4.69) is 164 Å². The van der Waals surface area contributed by atoms with Crippen molar-refractivity contribution in [1.29, 1.82) is 0 Å². The van der Waals surface area contributed by atoms with Gasteiger partial charge in [0.15, 0.2) is 18.9 Å². The lowest BCUT2D eigenvalue weighted by Gasteiger charge is -2.48. The van der Waals surface area contributed by atoms with Crippen molar-refractivity contribution in [2.75, 3.05) is 66.1 Å². The van der Waals surface area contributed by atoms with Crippen LogP contribution in [0.2, 0.25) is 0 Å². The van der Waals surface area contributed by atoms with Crippen molar-refractivity contribution in [2.45, 2.75) is 355 Å². The lowest BCUT2D eigenvalue weighted by atomic mass is 9.94. The second-order valence-corrected chi connectivity index (χ2v) is 42.5. The van der Waals surface area contributed by atoms with E-state index in [9.17, 15) is 123 Å². The molecule has 0 aromatic carbocycles. The van der Waals surface area contributed by atoms with E-state index in [0.29, 0.717) is 12.8 Å². The first kappa shape index (κ1) is 127. The second kappa shape index (κ2) is 65.1. The molecule has 3 aliphatic rings. The zero-order valence-corrected chi connectivity index (χ0v) is 85.9. The topological polar surface area (TPSA) is 646 Å². The number of carbonyl (C=O) groups excluding carboxylic acids is 3. The Morgan fingerprint density at radius 3 is 0.978 bits per heavy atom. The maximum absolute atomic E-state index is 13.4. The Morgan fingerprint density at radius 1 is 0.336 bits per heavy atom. The van der Waals surface area contributed by atoms with E-state index < -0.39 is 245 Å². The quantitative estimate of drug-likeness (QED) is 0.0199. The monoisotopic (exact) mass is 2060 g/mol. The van der Waals surface area contributed by atoms with Gasteiger partial charge in [-0.25, -0.2) is 22.8 Å². The molecule has 0 radical (unpaired) electrons. The summed E-state index contributed by atoms with van der Waals surface area (Å²) in [7, 11) is -27.7. The summed E-state index contributed by atoms with van der Waals surface area (Å²) in [6, 6.07) is -5.60. The van der Waals surface area contributed by atoms with E-state index in [0.717, 1.165) is 142 Å². The van der Waals surface area contributed by atoms with Crippen molar-refractivity contribution >= 4 is 56.8 Å². The molecule has 20 N–H and O–H groups in total. The van der Waals surface area contributed by atoms with Crippen LogP contribution in [0.1, 0.15) is 232 Å². The van der Waals surface area contributed by atoms with Crippen molar-refractivity contribution in [2.24, 2.45) is 0 Å². The van der Waals surface area contributed by atoms with Crippen LogP contribution in [-0.2, 0) is 101 Å². The van der Waals surface area contributed by atoms with Gasteiger partial charge in [-0.3, -0.25) is 50.6 Å². The zero-order valence-electron chi connectivity index (χ0n) is 81.4. The molecular weight excluding hydrogens is 1900 g/mol. The van der Waals surface area contributed by atoms with E-state index in [1.807, 2.05) is 6.92 Å². The van der Waals surface area contributed by atoms with E-state index >= 15 is 0 Å². The summed E-state index contributed by atoms with van der Waals surface area (Å²) in [6.45, 7) is 17.4. The number of rotatable bonds is 67. The van der Waals surface area contributed by atoms with E-state index in [4.69, 9.17) is 46.3 Å². The highest BCUT2D eigenvalue weighted by Crippen LogP contribution is 2.62. The van der Waals surface area contributed by atoms with Gasteiger partial charge in [0.25, 0.3) is 0 Å². The SMILES string of the molecule is CC(=O)N[C@H]1[C@@H](OP(=O)(O)OP(=O)(O)OC/C=C(/C)CC/C=C(/C)CC/C=C(/C)CC/C=C(/C)CC/C=C(/C)CC/C=C(/C)CC/C=C(/C)CC/C=C(/C)CC/C=C(\C)CC/C=C(\C)CCC=C(C)C)O[C@H](CO)[C@@H](O[C@@H]2O[C@H](CO)[C@@H](OP(=O)(O)OC[C@H](O)COP(=O)(O)OC[C@H](O)COP(=O)(O)OC[C@H](O[C@H]3O[C@H](CO)[C@@H](O)[C@H](O)[C@H]3NC(C)=O)[C@H](O)[C@H](O)CO)[C@H](O)[C@H]2NC(C)=O)[C@@H]1O. The average Bonchev–Trinajstić information content (AvgIpc) is 0.759. The minimum absolute atomic E-state index is 0.519. The molecular formula is C90H156N3O39P5. The molecule has 25 atom stereocenters. The van der Waals surface area contributed by atoms with Crippen LogP contribution in [0.5, 0.6) is 0 Å². The van der Waals surface area contributed by atoms with Crippen LogP contribution in [0, 0.1) is 0 Å². The summed E-state index contributed by atoms with van der Waals surface area (Å²) in [5.41, 5.74) is 14.7. The summed E-state index contributed by atoms with van der Waals surface area (Å²) in [5, 5.41) is 133. The molecule has 3 amide bonds. The molecule has 790 valence electrons. The number of nitrogens with one attached hydrogen (secondary N) is 3. The second-order valence-electron chi connectivity index (χ2n) is 35.2. The van der Waals surface area contributed by atoms with Crippen LogP contribution >= 0.6 is 39.1 Å². The van der Waals surface area contributed by atoms with E-state index in [1.165, 1.54) is 61.8 Å². The van der Waals surface area contributed by atoms with Crippen molar-refractivity contribution in [1.82, 2.24) is 16.0 Å². The summed E-state index contributed by atoms with van der Waals surface area (Å²) in [4.78, 5) is 89.8. The fraction of sp³-hybridized carbons (Fsp3) is 0.722. The summed E-state index contributed by atoms with van der Waals surface area (Å²) in [6.07, 6.45) is 10.2. The molecule has 3 aliphatic heterocycles. The maximum atomic E-state index is 13.4. The smallest absolute Gasteiger partial charge is 0.394 e. The molecule has 0 saturated carbocycles. The Hall–Kier alpha value is -4.54. The Kier molecular flexibility index (Phi) is 60.1. The Balaban J connectivity index is 1.45. The van der Waals surface area contributed by atoms with Gasteiger partial charge in [-0.05, 0) is 212 Å². The van der Waals surface area contributed by atoms with Crippen LogP contribution in [-0.4, -0.2) is 292 Å². The van der Waals surface area contributed by atoms with Crippen molar-refractivity contribution in [3.8, 4) is 0 Å². The van der Waals surface area contributed by atoms with Crippen molar-refractivity contribution < 1.29 is 187 Å². The van der Waals surface area contributed by atoms with Gasteiger partial charge in [-0.2, -0.15) is 4.31 Å². The number of aliphatic hydroxyl groups excluding tert-OH is 12. The summed E-state index contributed by atoms with van der Waals surface area (Å²) < 4.78 is 137. The highest BCUT2D eigenvalue weighted by Gasteiger charge is 2.56. The van der Waals surface area contributed by atoms with Gasteiger partial charge in [-0.15, -0.1) is 0 Å². The molecule has 5 unspecified atom stereocenters. The van der Waals surface area contributed by atoms with Crippen molar-refractivity contribution in [3.63, 3.8) is 0 Å². The Bertz CT molecular complexity index is 4280. The van der Waals surface area contributed by atoms with Crippen LogP contribution in [0.3, 0.4) is 0 Å². The number of carbonyl (C=O) groups is 3. The normalized spacial score (nSPS) is 26.8. The number of hydrogen-bond donors (Lipinski definition) is 20. The lowest BCUT2D eigenvalue weighted by molar-refractivity contribution is -0.324. The van der Waals surface area contributed by atoms with Gasteiger partial charge >= 0.3 is 39.1 Å². The minimum atomic E-state index is -5.84.